The van der Waals surface area contributed by atoms with Crippen molar-refractivity contribution in [2.24, 2.45) is 0 Å². The van der Waals surface area contributed by atoms with E-state index in [0.29, 0.717) is 11.4 Å². The van der Waals surface area contributed by atoms with Crippen LogP contribution >= 0.6 is 0 Å². The molecule has 4 nitrogen and oxygen atoms in total. The van der Waals surface area contributed by atoms with Gasteiger partial charge in [-0.3, -0.25) is 9.78 Å². The molecule has 0 saturated carbocycles. The Morgan fingerprint density at radius 2 is 2.05 bits per heavy atom. The van der Waals surface area contributed by atoms with Crippen LogP contribution in [0.5, 0.6) is 5.75 Å². The predicted molar refractivity (Wildman–Crippen MR) is 81.3 cm³/mol. The Morgan fingerprint density at radius 1 is 1.10 bits per heavy atom. The summed E-state index contributed by atoms with van der Waals surface area (Å²) in [5.74, 6) is 0.580. The first-order chi connectivity index (χ1) is 10.3. The normalized spacial score (nSPS) is 13.4. The van der Waals surface area contributed by atoms with Gasteiger partial charge in [0.1, 0.15) is 5.75 Å². The Balaban J connectivity index is 1.89. The van der Waals surface area contributed by atoms with E-state index >= 15 is 0 Å². The Labute approximate surface area is 121 Å². The number of rotatable bonds is 1. The molecule has 0 atom stereocenters. The van der Waals surface area contributed by atoms with Crippen LogP contribution in [0, 0.1) is 0 Å². The van der Waals surface area contributed by atoms with Gasteiger partial charge in [-0.25, -0.2) is 0 Å². The molecular formula is C17H12N2O2. The molecule has 0 spiro atoms. The van der Waals surface area contributed by atoms with Crippen molar-refractivity contribution < 1.29 is 9.53 Å². The zero-order valence-electron chi connectivity index (χ0n) is 11.2. The van der Waals surface area contributed by atoms with E-state index in [4.69, 9.17) is 4.74 Å². The number of amides is 1. The van der Waals surface area contributed by atoms with Gasteiger partial charge < -0.3 is 10.1 Å². The summed E-state index contributed by atoms with van der Waals surface area (Å²) in [6, 6.07) is 15.8. The fourth-order valence-corrected chi connectivity index (χ4v) is 2.61. The minimum atomic E-state index is -0.126. The van der Waals surface area contributed by atoms with Crippen LogP contribution in [-0.2, 0) is 4.79 Å². The predicted octanol–water partition coefficient (Wildman–Crippen LogP) is 3.23. The minimum absolute atomic E-state index is 0.0739. The second-order valence-corrected chi connectivity index (χ2v) is 4.92. The van der Waals surface area contributed by atoms with Crippen molar-refractivity contribution in [3.63, 3.8) is 0 Å². The first-order valence-corrected chi connectivity index (χ1v) is 6.72. The number of hydrogen-bond acceptors (Lipinski definition) is 3. The molecule has 1 aliphatic heterocycles. The second kappa shape index (κ2) is 4.59. The van der Waals surface area contributed by atoms with E-state index < -0.39 is 0 Å². The Bertz CT molecular complexity index is 853. The molecule has 0 radical (unpaired) electrons. The molecule has 21 heavy (non-hydrogen) atoms. The molecule has 0 saturated heterocycles. The highest BCUT2D eigenvalue weighted by atomic mass is 16.5. The van der Waals surface area contributed by atoms with Crippen LogP contribution in [0.3, 0.4) is 0 Å². The van der Waals surface area contributed by atoms with Gasteiger partial charge in [-0.1, -0.05) is 24.3 Å². The van der Waals surface area contributed by atoms with Gasteiger partial charge in [-0.2, -0.15) is 0 Å². The van der Waals surface area contributed by atoms with Gasteiger partial charge in [0.25, 0.3) is 5.91 Å². The molecule has 2 aromatic carbocycles. The van der Waals surface area contributed by atoms with Crippen molar-refractivity contribution in [3.05, 3.63) is 54.7 Å². The Kier molecular flexibility index (Phi) is 2.60. The SMILES string of the molecule is O=C1COc2ccc(-c3cccc4ncccc34)cc2N1. The first kappa shape index (κ1) is 11.9. The minimum Gasteiger partial charge on any atom is -0.482 e. The molecule has 1 N–H and O–H groups in total. The lowest BCUT2D eigenvalue weighted by molar-refractivity contribution is -0.118. The van der Waals surface area contributed by atoms with Crippen LogP contribution in [0.15, 0.2) is 54.7 Å². The number of carbonyl (C=O) groups is 1. The molecule has 0 aliphatic carbocycles. The average Bonchev–Trinajstić information content (AvgIpc) is 2.53. The summed E-state index contributed by atoms with van der Waals surface area (Å²) in [6.07, 6.45) is 1.78. The van der Waals surface area contributed by atoms with E-state index in [-0.39, 0.29) is 12.5 Å². The maximum absolute atomic E-state index is 11.4. The molecule has 0 unspecified atom stereocenters. The maximum Gasteiger partial charge on any atom is 0.262 e. The van der Waals surface area contributed by atoms with Crippen LogP contribution < -0.4 is 10.1 Å². The zero-order chi connectivity index (χ0) is 14.2. The van der Waals surface area contributed by atoms with Crippen LogP contribution in [0.25, 0.3) is 22.0 Å². The van der Waals surface area contributed by atoms with Crippen molar-refractivity contribution >= 4 is 22.5 Å². The monoisotopic (exact) mass is 276 g/mol. The van der Waals surface area contributed by atoms with Crippen molar-refractivity contribution in [2.75, 3.05) is 11.9 Å². The Morgan fingerprint density at radius 3 is 3.00 bits per heavy atom. The highest BCUT2D eigenvalue weighted by molar-refractivity contribution is 5.99. The lowest BCUT2D eigenvalue weighted by Gasteiger charge is -2.18. The Hall–Kier alpha value is -2.88. The number of nitrogens with zero attached hydrogens (tertiary/aromatic N) is 1. The van der Waals surface area contributed by atoms with Gasteiger partial charge in [0.05, 0.1) is 11.2 Å². The number of aromatic nitrogens is 1. The number of benzene rings is 2. The van der Waals surface area contributed by atoms with Gasteiger partial charge in [0.2, 0.25) is 0 Å². The summed E-state index contributed by atoms with van der Waals surface area (Å²) < 4.78 is 5.39. The molecule has 4 heteroatoms. The van der Waals surface area contributed by atoms with Gasteiger partial charge >= 0.3 is 0 Å². The van der Waals surface area contributed by atoms with Gasteiger partial charge in [-0.15, -0.1) is 0 Å². The second-order valence-electron chi connectivity index (χ2n) is 4.92. The van der Waals surface area contributed by atoms with Crippen LogP contribution in [-0.4, -0.2) is 17.5 Å². The van der Waals surface area contributed by atoms with Crippen molar-refractivity contribution in [3.8, 4) is 16.9 Å². The molecule has 1 amide bonds. The van der Waals surface area contributed by atoms with E-state index in [0.717, 1.165) is 22.0 Å². The van der Waals surface area contributed by atoms with E-state index in [1.165, 1.54) is 0 Å². The van der Waals surface area contributed by atoms with E-state index in [1.54, 1.807) is 6.20 Å². The molecule has 4 rings (SSSR count). The molecule has 102 valence electrons. The van der Waals surface area contributed by atoms with Gasteiger partial charge in [0.15, 0.2) is 6.61 Å². The van der Waals surface area contributed by atoms with E-state index in [1.807, 2.05) is 42.5 Å². The maximum atomic E-state index is 11.4. The van der Waals surface area contributed by atoms with Crippen LogP contribution in [0.2, 0.25) is 0 Å². The molecule has 0 bridgehead atoms. The van der Waals surface area contributed by atoms with Crippen LogP contribution in [0.4, 0.5) is 5.69 Å². The fraction of sp³-hybridized carbons (Fsp3) is 0.0588. The largest absolute Gasteiger partial charge is 0.482 e. The number of ether oxygens (including phenoxy) is 1. The summed E-state index contributed by atoms with van der Waals surface area (Å²) in [4.78, 5) is 15.8. The highest BCUT2D eigenvalue weighted by Crippen LogP contribution is 2.35. The number of fused-ring (bicyclic) bond motifs is 2. The van der Waals surface area contributed by atoms with E-state index in [9.17, 15) is 4.79 Å². The summed E-state index contributed by atoms with van der Waals surface area (Å²) in [7, 11) is 0. The van der Waals surface area contributed by atoms with E-state index in [2.05, 4.69) is 16.4 Å². The number of pyridine rings is 1. The summed E-state index contributed by atoms with van der Waals surface area (Å²) in [5, 5.41) is 3.92. The quantitative estimate of drug-likeness (QED) is 0.742. The molecule has 0 fully saturated rings. The van der Waals surface area contributed by atoms with Crippen LogP contribution in [0.1, 0.15) is 0 Å². The third kappa shape index (κ3) is 2.01. The number of carbonyl (C=O) groups excluding carboxylic acids is 1. The smallest absolute Gasteiger partial charge is 0.262 e. The number of anilines is 1. The first-order valence-electron chi connectivity index (χ1n) is 6.72. The molecule has 3 aromatic rings. The van der Waals surface area contributed by atoms with Gasteiger partial charge in [0, 0.05) is 11.6 Å². The summed E-state index contributed by atoms with van der Waals surface area (Å²) in [5.41, 5.74) is 3.78. The molecule has 2 heterocycles. The lowest BCUT2D eigenvalue weighted by Crippen LogP contribution is -2.25. The topological polar surface area (TPSA) is 51.2 Å². The number of nitrogens with one attached hydrogen (secondary N) is 1. The molecule has 1 aliphatic rings. The summed E-state index contributed by atoms with van der Waals surface area (Å²) in [6.45, 7) is 0.0739. The standard InChI is InChI=1S/C17H12N2O2/c20-17-10-21-16-7-6-11(9-15(16)19-17)12-3-1-5-14-13(12)4-2-8-18-14/h1-9H,10H2,(H,19,20). The lowest BCUT2D eigenvalue weighted by atomic mass is 10.00. The van der Waals surface area contributed by atoms with Crippen molar-refractivity contribution in [2.45, 2.75) is 0 Å². The third-order valence-corrected chi connectivity index (χ3v) is 3.57. The fourth-order valence-electron chi connectivity index (χ4n) is 2.61. The average molecular weight is 276 g/mol. The zero-order valence-corrected chi connectivity index (χ0v) is 11.2. The summed E-state index contributed by atoms with van der Waals surface area (Å²) >= 11 is 0. The van der Waals surface area contributed by atoms with Crippen molar-refractivity contribution in [1.29, 1.82) is 0 Å². The highest BCUT2D eigenvalue weighted by Gasteiger charge is 2.16. The number of hydrogen-bond donors (Lipinski definition) is 1. The molecule has 1 aromatic heterocycles. The van der Waals surface area contributed by atoms with Crippen molar-refractivity contribution in [1.82, 2.24) is 4.98 Å². The molecular weight excluding hydrogens is 264 g/mol. The third-order valence-electron chi connectivity index (χ3n) is 3.57. The van der Waals surface area contributed by atoms with Gasteiger partial charge in [-0.05, 0) is 35.4 Å².